The molecule has 1 heterocycles. The Morgan fingerprint density at radius 1 is 1.12 bits per heavy atom. The van der Waals surface area contributed by atoms with Crippen LogP contribution in [0.3, 0.4) is 0 Å². The second-order valence-electron chi connectivity index (χ2n) is 5.17. The Labute approximate surface area is 144 Å². The van der Waals surface area contributed by atoms with Crippen LogP contribution in [0.5, 0.6) is 0 Å². The summed E-state index contributed by atoms with van der Waals surface area (Å²) < 4.78 is 18.2. The lowest BCUT2D eigenvalue weighted by molar-refractivity contribution is 0.0697. The summed E-state index contributed by atoms with van der Waals surface area (Å²) in [5.74, 6) is -0.0208. The minimum Gasteiger partial charge on any atom is -0.478 e. The molecule has 1 aromatic heterocycles. The maximum Gasteiger partial charge on any atom is 0.335 e. The highest BCUT2D eigenvalue weighted by Gasteiger charge is 2.10. The highest BCUT2D eigenvalue weighted by atomic mass is 19.1. The minimum absolute atomic E-state index is 0.0379. The van der Waals surface area contributed by atoms with Crippen molar-refractivity contribution in [2.75, 3.05) is 6.61 Å². The predicted octanol–water partition coefficient (Wildman–Crippen LogP) is 3.71. The summed E-state index contributed by atoms with van der Waals surface area (Å²) in [6, 6.07) is 14.2. The molecule has 3 aromatic rings. The van der Waals surface area contributed by atoms with Gasteiger partial charge in [0, 0.05) is 18.6 Å². The van der Waals surface area contributed by atoms with E-state index in [2.05, 4.69) is 4.98 Å². The lowest BCUT2D eigenvalue weighted by Crippen LogP contribution is -1.93. The fourth-order valence-electron chi connectivity index (χ4n) is 2.06. The van der Waals surface area contributed by atoms with Gasteiger partial charge in [0.15, 0.2) is 0 Å². The zero-order valence-corrected chi connectivity index (χ0v) is 13.6. The van der Waals surface area contributed by atoms with E-state index in [9.17, 15) is 9.18 Å². The van der Waals surface area contributed by atoms with Gasteiger partial charge in [-0.3, -0.25) is 0 Å². The number of hydrogen-bond donors (Lipinski definition) is 2. The number of carbonyl (C=O) groups is 1. The number of aliphatic hydroxyl groups excluding tert-OH is 1. The molecule has 0 saturated heterocycles. The molecule has 2 aromatic carbocycles. The van der Waals surface area contributed by atoms with Gasteiger partial charge in [0.25, 0.3) is 0 Å². The molecule has 0 fully saturated rings. The second-order valence-corrected chi connectivity index (χ2v) is 5.17. The molecule has 0 aliphatic heterocycles. The number of halogens is 1. The maximum atomic E-state index is 12.7. The standard InChI is InChI=1S/C12H12FNO2.C7H6O2/c1-8-11(6-7-15)14-12(16-8)9-2-4-10(13)5-3-9;8-7(9)6-4-2-1-3-5-6/h2-5,15H,6-7H2,1H3;1-5H,(H,8,9). The highest BCUT2D eigenvalue weighted by molar-refractivity contribution is 5.87. The first-order valence-electron chi connectivity index (χ1n) is 7.62. The third kappa shape index (κ3) is 5.26. The summed E-state index contributed by atoms with van der Waals surface area (Å²) in [5, 5.41) is 17.2. The number of benzene rings is 2. The van der Waals surface area contributed by atoms with Crippen LogP contribution in [-0.4, -0.2) is 27.8 Å². The molecule has 2 N–H and O–H groups in total. The van der Waals surface area contributed by atoms with Gasteiger partial charge in [-0.25, -0.2) is 14.2 Å². The maximum absolute atomic E-state index is 12.7. The number of rotatable bonds is 4. The van der Waals surface area contributed by atoms with Gasteiger partial charge in [0.05, 0.1) is 11.3 Å². The number of nitrogens with zero attached hydrogens (tertiary/aromatic N) is 1. The number of aromatic nitrogens is 1. The molecule has 0 aliphatic rings. The van der Waals surface area contributed by atoms with Crippen molar-refractivity contribution in [3.63, 3.8) is 0 Å². The molecule has 0 atom stereocenters. The zero-order valence-electron chi connectivity index (χ0n) is 13.6. The van der Waals surface area contributed by atoms with Crippen LogP contribution in [0.15, 0.2) is 59.0 Å². The van der Waals surface area contributed by atoms with E-state index < -0.39 is 5.97 Å². The molecular weight excluding hydrogens is 325 g/mol. The van der Waals surface area contributed by atoms with E-state index in [1.54, 1.807) is 49.4 Å². The van der Waals surface area contributed by atoms with Gasteiger partial charge in [-0.05, 0) is 43.3 Å². The zero-order chi connectivity index (χ0) is 18.2. The monoisotopic (exact) mass is 343 g/mol. The smallest absolute Gasteiger partial charge is 0.335 e. The third-order valence-electron chi connectivity index (χ3n) is 3.35. The molecule has 0 unspecified atom stereocenters. The van der Waals surface area contributed by atoms with Crippen molar-refractivity contribution in [2.24, 2.45) is 0 Å². The van der Waals surface area contributed by atoms with Crippen LogP contribution in [0.4, 0.5) is 4.39 Å². The van der Waals surface area contributed by atoms with Crippen molar-refractivity contribution in [3.8, 4) is 11.5 Å². The van der Waals surface area contributed by atoms with E-state index in [-0.39, 0.29) is 12.4 Å². The highest BCUT2D eigenvalue weighted by Crippen LogP contribution is 2.22. The summed E-state index contributed by atoms with van der Waals surface area (Å²) in [6.45, 7) is 1.83. The Bertz CT molecular complexity index is 813. The van der Waals surface area contributed by atoms with E-state index in [0.717, 1.165) is 11.3 Å². The number of aryl methyl sites for hydroxylation is 1. The van der Waals surface area contributed by atoms with Crippen molar-refractivity contribution in [1.82, 2.24) is 4.98 Å². The van der Waals surface area contributed by atoms with Crippen LogP contribution < -0.4 is 0 Å². The molecule has 25 heavy (non-hydrogen) atoms. The molecule has 0 amide bonds. The lowest BCUT2D eigenvalue weighted by Gasteiger charge is -1.93. The largest absolute Gasteiger partial charge is 0.478 e. The van der Waals surface area contributed by atoms with Crippen LogP contribution in [0.2, 0.25) is 0 Å². The number of oxazole rings is 1. The van der Waals surface area contributed by atoms with Gasteiger partial charge >= 0.3 is 5.97 Å². The summed E-state index contributed by atoms with van der Waals surface area (Å²) in [5.41, 5.74) is 1.80. The molecular formula is C19H18FNO4. The molecule has 0 aliphatic carbocycles. The fraction of sp³-hybridized carbons (Fsp3) is 0.158. The number of aromatic carboxylic acids is 1. The number of aliphatic hydroxyl groups is 1. The van der Waals surface area contributed by atoms with Crippen molar-refractivity contribution >= 4 is 5.97 Å². The average molecular weight is 343 g/mol. The molecule has 3 rings (SSSR count). The quantitative estimate of drug-likeness (QED) is 0.754. The van der Waals surface area contributed by atoms with Crippen molar-refractivity contribution in [2.45, 2.75) is 13.3 Å². The number of carboxylic acids is 1. The van der Waals surface area contributed by atoms with Crippen LogP contribution in [-0.2, 0) is 6.42 Å². The molecule has 0 bridgehead atoms. The van der Waals surface area contributed by atoms with E-state index in [0.29, 0.717) is 23.6 Å². The van der Waals surface area contributed by atoms with Crippen molar-refractivity contribution < 1.29 is 23.8 Å². The minimum atomic E-state index is -0.879. The summed E-state index contributed by atoms with van der Waals surface area (Å²) in [7, 11) is 0. The van der Waals surface area contributed by atoms with Gasteiger partial charge < -0.3 is 14.6 Å². The third-order valence-corrected chi connectivity index (χ3v) is 3.35. The van der Waals surface area contributed by atoms with Gasteiger partial charge in [-0.2, -0.15) is 0 Å². The molecule has 130 valence electrons. The van der Waals surface area contributed by atoms with Crippen LogP contribution >= 0.6 is 0 Å². The number of hydrogen-bond acceptors (Lipinski definition) is 4. The van der Waals surface area contributed by atoms with E-state index >= 15 is 0 Å². The summed E-state index contributed by atoms with van der Waals surface area (Å²) in [6.07, 6.45) is 0.469. The van der Waals surface area contributed by atoms with Gasteiger partial charge in [0.2, 0.25) is 5.89 Å². The topological polar surface area (TPSA) is 83.6 Å². The van der Waals surface area contributed by atoms with Crippen LogP contribution in [0, 0.1) is 12.7 Å². The average Bonchev–Trinajstić information content (AvgIpc) is 2.98. The van der Waals surface area contributed by atoms with E-state index in [4.69, 9.17) is 14.6 Å². The summed E-state index contributed by atoms with van der Waals surface area (Å²) in [4.78, 5) is 14.5. The van der Waals surface area contributed by atoms with E-state index in [1.165, 1.54) is 12.1 Å². The Morgan fingerprint density at radius 3 is 2.28 bits per heavy atom. The van der Waals surface area contributed by atoms with Crippen molar-refractivity contribution in [1.29, 1.82) is 0 Å². The van der Waals surface area contributed by atoms with E-state index in [1.807, 2.05) is 0 Å². The predicted molar refractivity (Wildman–Crippen MR) is 90.8 cm³/mol. The van der Waals surface area contributed by atoms with Gasteiger partial charge in [0.1, 0.15) is 11.6 Å². The van der Waals surface area contributed by atoms with Crippen molar-refractivity contribution in [3.05, 3.63) is 77.4 Å². The molecule has 6 heteroatoms. The SMILES string of the molecule is Cc1oc(-c2ccc(F)cc2)nc1CCO.O=C(O)c1ccccc1. The Kier molecular flexibility index (Phi) is 6.42. The second kappa shape index (κ2) is 8.75. The first-order valence-corrected chi connectivity index (χ1v) is 7.62. The molecule has 0 spiro atoms. The molecule has 5 nitrogen and oxygen atoms in total. The van der Waals surface area contributed by atoms with Gasteiger partial charge in [-0.15, -0.1) is 0 Å². The molecule has 0 radical (unpaired) electrons. The summed E-state index contributed by atoms with van der Waals surface area (Å²) >= 11 is 0. The Balaban J connectivity index is 0.000000212. The van der Waals surface area contributed by atoms with Gasteiger partial charge in [-0.1, -0.05) is 18.2 Å². The Hall–Kier alpha value is -2.99. The first kappa shape index (κ1) is 18.4. The van der Waals surface area contributed by atoms with Crippen LogP contribution in [0.1, 0.15) is 21.8 Å². The van der Waals surface area contributed by atoms with Crippen LogP contribution in [0.25, 0.3) is 11.5 Å². The lowest BCUT2D eigenvalue weighted by atomic mass is 10.2. The molecule has 0 saturated carbocycles. The Morgan fingerprint density at radius 2 is 1.76 bits per heavy atom. The normalized spacial score (nSPS) is 10.0. The fourth-order valence-corrected chi connectivity index (χ4v) is 2.06. The first-order chi connectivity index (χ1) is 12.0. The number of carboxylic acid groups (broad SMARTS) is 1.